The van der Waals surface area contributed by atoms with Gasteiger partial charge in [-0.3, -0.25) is 0 Å². The number of hydrogen-bond donors (Lipinski definition) is 1. The highest BCUT2D eigenvalue weighted by atomic mass is 16.3. The Hall–Kier alpha value is -0.720. The van der Waals surface area contributed by atoms with E-state index in [0.29, 0.717) is 11.7 Å². The van der Waals surface area contributed by atoms with Crippen LogP contribution in [0, 0.1) is 5.92 Å². The lowest BCUT2D eigenvalue weighted by molar-refractivity contribution is 0.337. The lowest BCUT2D eigenvalue weighted by Gasteiger charge is -2.14. The fourth-order valence-corrected chi connectivity index (χ4v) is 1.09. The summed E-state index contributed by atoms with van der Waals surface area (Å²) in [5.41, 5.74) is 1.26. The molecule has 0 aromatic rings. The van der Waals surface area contributed by atoms with Crippen LogP contribution in [0.15, 0.2) is 23.5 Å². The van der Waals surface area contributed by atoms with Gasteiger partial charge in [0.15, 0.2) is 0 Å². The molecule has 0 aromatic heterocycles. The first-order valence-corrected chi connectivity index (χ1v) is 3.83. The van der Waals surface area contributed by atoms with Crippen molar-refractivity contribution in [2.24, 2.45) is 5.92 Å². The second-order valence-electron chi connectivity index (χ2n) is 2.84. The van der Waals surface area contributed by atoms with Gasteiger partial charge in [0, 0.05) is 5.92 Å². The third kappa shape index (κ3) is 1.41. The first-order valence-electron chi connectivity index (χ1n) is 3.83. The molecule has 0 aromatic carbocycles. The molecule has 1 rings (SSSR count). The zero-order valence-corrected chi connectivity index (χ0v) is 6.59. The molecule has 0 heterocycles. The Morgan fingerprint density at radius 3 is 2.90 bits per heavy atom. The zero-order valence-electron chi connectivity index (χ0n) is 6.59. The summed E-state index contributed by atoms with van der Waals surface area (Å²) in [6, 6.07) is 0. The van der Waals surface area contributed by atoms with E-state index < -0.39 is 0 Å². The van der Waals surface area contributed by atoms with Crippen LogP contribution in [-0.2, 0) is 0 Å². The summed E-state index contributed by atoms with van der Waals surface area (Å²) < 4.78 is 0. The van der Waals surface area contributed by atoms with Crippen LogP contribution in [0.3, 0.4) is 0 Å². The molecule has 0 saturated carbocycles. The second kappa shape index (κ2) is 2.91. The largest absolute Gasteiger partial charge is 0.512 e. The fourth-order valence-electron chi connectivity index (χ4n) is 1.09. The molecule has 0 radical (unpaired) electrons. The number of allylic oxidation sites excluding steroid dienone is 4. The minimum Gasteiger partial charge on any atom is -0.512 e. The van der Waals surface area contributed by atoms with E-state index in [1.165, 1.54) is 5.57 Å². The molecule has 1 N–H and O–H groups in total. The summed E-state index contributed by atoms with van der Waals surface area (Å²) in [4.78, 5) is 0. The van der Waals surface area contributed by atoms with Crippen molar-refractivity contribution in [2.75, 3.05) is 0 Å². The van der Waals surface area contributed by atoms with E-state index in [0.717, 1.165) is 12.8 Å². The maximum Gasteiger partial charge on any atom is 0.0956 e. The molecule has 56 valence electrons. The van der Waals surface area contributed by atoms with E-state index in [1.54, 1.807) is 0 Å². The molecule has 0 spiro atoms. The summed E-state index contributed by atoms with van der Waals surface area (Å²) in [6.45, 7) is 4.14. The summed E-state index contributed by atoms with van der Waals surface area (Å²) in [5.74, 6) is 0.870. The van der Waals surface area contributed by atoms with E-state index in [2.05, 4.69) is 13.0 Å². The van der Waals surface area contributed by atoms with Gasteiger partial charge < -0.3 is 5.11 Å². The van der Waals surface area contributed by atoms with Crippen molar-refractivity contribution < 1.29 is 5.11 Å². The Bertz CT molecular complexity index is 177. The number of hydrogen-bond acceptors (Lipinski definition) is 1. The standard InChI is InChI=1S/C9H14O/c1-3-8-5-4-7(2)9(10)6-8/h5-7,10H,3-4H2,1-2H3/t7-/m0/s1. The monoisotopic (exact) mass is 138 g/mol. The fraction of sp³-hybridized carbons (Fsp3) is 0.556. The van der Waals surface area contributed by atoms with Crippen LogP contribution in [0.25, 0.3) is 0 Å². The maximum atomic E-state index is 9.30. The number of rotatable bonds is 1. The summed E-state index contributed by atoms with van der Waals surface area (Å²) >= 11 is 0. The first-order chi connectivity index (χ1) is 4.74. The summed E-state index contributed by atoms with van der Waals surface area (Å²) in [6.07, 6.45) is 6.10. The highest BCUT2D eigenvalue weighted by Gasteiger charge is 2.10. The molecule has 1 nitrogen and oxygen atoms in total. The van der Waals surface area contributed by atoms with Gasteiger partial charge in [-0.05, 0) is 24.5 Å². The number of aliphatic hydroxyl groups is 1. The Morgan fingerprint density at radius 1 is 1.70 bits per heavy atom. The molecule has 0 fully saturated rings. The van der Waals surface area contributed by atoms with Crippen LogP contribution in [0.5, 0.6) is 0 Å². The molecular formula is C9H14O. The van der Waals surface area contributed by atoms with Crippen LogP contribution in [0.2, 0.25) is 0 Å². The van der Waals surface area contributed by atoms with Crippen LogP contribution >= 0.6 is 0 Å². The Morgan fingerprint density at radius 2 is 2.40 bits per heavy atom. The molecule has 0 aliphatic heterocycles. The predicted octanol–water partition coefficient (Wildman–Crippen LogP) is 2.80. The van der Waals surface area contributed by atoms with Crippen LogP contribution < -0.4 is 0 Å². The van der Waals surface area contributed by atoms with E-state index in [4.69, 9.17) is 0 Å². The Balaban J connectivity index is 2.69. The van der Waals surface area contributed by atoms with Gasteiger partial charge in [-0.25, -0.2) is 0 Å². The SMILES string of the molecule is CCC1=CC[C@H](C)C(O)=C1. The van der Waals surface area contributed by atoms with E-state index >= 15 is 0 Å². The topological polar surface area (TPSA) is 20.2 Å². The molecule has 0 saturated heterocycles. The lowest BCUT2D eigenvalue weighted by Crippen LogP contribution is -2.02. The van der Waals surface area contributed by atoms with Crippen LogP contribution in [0.1, 0.15) is 26.7 Å². The van der Waals surface area contributed by atoms with Gasteiger partial charge in [-0.2, -0.15) is 0 Å². The average molecular weight is 138 g/mol. The zero-order chi connectivity index (χ0) is 7.56. The maximum absolute atomic E-state index is 9.30. The van der Waals surface area contributed by atoms with Gasteiger partial charge in [0.05, 0.1) is 5.76 Å². The third-order valence-corrected chi connectivity index (χ3v) is 1.98. The van der Waals surface area contributed by atoms with Gasteiger partial charge in [0.1, 0.15) is 0 Å². The summed E-state index contributed by atoms with van der Waals surface area (Å²) in [5, 5.41) is 9.30. The van der Waals surface area contributed by atoms with Gasteiger partial charge in [-0.1, -0.05) is 19.9 Å². The van der Waals surface area contributed by atoms with Crippen molar-refractivity contribution >= 4 is 0 Å². The highest BCUT2D eigenvalue weighted by molar-refractivity contribution is 5.25. The van der Waals surface area contributed by atoms with E-state index in [-0.39, 0.29) is 0 Å². The first kappa shape index (κ1) is 7.39. The smallest absolute Gasteiger partial charge is 0.0956 e. The van der Waals surface area contributed by atoms with Gasteiger partial charge in [-0.15, -0.1) is 0 Å². The van der Waals surface area contributed by atoms with E-state index in [9.17, 15) is 5.11 Å². The lowest BCUT2D eigenvalue weighted by atomic mass is 9.95. The van der Waals surface area contributed by atoms with Crippen LogP contribution in [-0.4, -0.2) is 5.11 Å². The highest BCUT2D eigenvalue weighted by Crippen LogP contribution is 2.22. The Labute approximate surface area is 62.1 Å². The molecule has 0 bridgehead atoms. The average Bonchev–Trinajstić information content (AvgIpc) is 1.95. The molecule has 1 atom stereocenters. The predicted molar refractivity (Wildman–Crippen MR) is 42.9 cm³/mol. The van der Waals surface area contributed by atoms with Crippen LogP contribution in [0.4, 0.5) is 0 Å². The molecule has 1 aliphatic carbocycles. The normalized spacial score (nSPS) is 25.6. The minimum atomic E-state index is 0.329. The minimum absolute atomic E-state index is 0.329. The molecular weight excluding hydrogens is 124 g/mol. The van der Waals surface area contributed by atoms with Gasteiger partial charge in [0.25, 0.3) is 0 Å². The van der Waals surface area contributed by atoms with Crippen molar-refractivity contribution in [3.63, 3.8) is 0 Å². The van der Waals surface area contributed by atoms with Crippen molar-refractivity contribution in [3.05, 3.63) is 23.5 Å². The molecule has 10 heavy (non-hydrogen) atoms. The molecule has 0 amide bonds. The molecule has 1 heteroatoms. The second-order valence-corrected chi connectivity index (χ2v) is 2.84. The van der Waals surface area contributed by atoms with Crippen molar-refractivity contribution in [2.45, 2.75) is 26.7 Å². The third-order valence-electron chi connectivity index (χ3n) is 1.98. The molecule has 1 aliphatic rings. The molecule has 0 unspecified atom stereocenters. The van der Waals surface area contributed by atoms with Gasteiger partial charge in [0.2, 0.25) is 0 Å². The van der Waals surface area contributed by atoms with E-state index in [1.807, 2.05) is 13.0 Å². The quantitative estimate of drug-likeness (QED) is 0.590. The van der Waals surface area contributed by atoms with Crippen molar-refractivity contribution in [3.8, 4) is 0 Å². The number of aliphatic hydroxyl groups excluding tert-OH is 1. The van der Waals surface area contributed by atoms with Gasteiger partial charge >= 0.3 is 0 Å². The van der Waals surface area contributed by atoms with Crippen molar-refractivity contribution in [1.29, 1.82) is 0 Å². The van der Waals surface area contributed by atoms with Crippen molar-refractivity contribution in [1.82, 2.24) is 0 Å². The Kier molecular flexibility index (Phi) is 2.15. The summed E-state index contributed by atoms with van der Waals surface area (Å²) in [7, 11) is 0.